The maximum atomic E-state index is 7.93. The van der Waals surface area contributed by atoms with Crippen molar-refractivity contribution in [2.75, 3.05) is 11.5 Å². The second-order valence-corrected chi connectivity index (χ2v) is 5.47. The van der Waals surface area contributed by atoms with Gasteiger partial charge >= 0.3 is 0 Å². The zero-order valence-electron chi connectivity index (χ0n) is 14.0. The molecule has 0 aromatic carbocycles. The summed E-state index contributed by atoms with van der Waals surface area (Å²) in [6, 6.07) is 0. The van der Waals surface area contributed by atoms with Gasteiger partial charge in [-0.25, -0.2) is 14.6 Å². The van der Waals surface area contributed by atoms with Gasteiger partial charge < -0.3 is 21.4 Å². The summed E-state index contributed by atoms with van der Waals surface area (Å²) in [7, 11) is 0. The highest BCUT2D eigenvalue weighted by atomic mass is 15.4. The highest BCUT2D eigenvalue weighted by Gasteiger charge is 2.05. The number of aromatic nitrogens is 7. The van der Waals surface area contributed by atoms with Crippen molar-refractivity contribution in [1.82, 2.24) is 34.9 Å². The third-order valence-corrected chi connectivity index (χ3v) is 3.08. The van der Waals surface area contributed by atoms with E-state index in [2.05, 4.69) is 54.1 Å². The number of imidazole rings is 2. The molecule has 3 rings (SSSR count). The van der Waals surface area contributed by atoms with Gasteiger partial charge in [-0.2, -0.15) is 0 Å². The first kappa shape index (κ1) is 17.8. The fourth-order valence-electron chi connectivity index (χ4n) is 1.85. The minimum absolute atomic E-state index is 0.265. The van der Waals surface area contributed by atoms with Crippen molar-refractivity contribution in [3.63, 3.8) is 0 Å². The summed E-state index contributed by atoms with van der Waals surface area (Å²) in [6.45, 7) is 5.05. The number of azide groups is 1. The van der Waals surface area contributed by atoms with Crippen LogP contribution >= 0.6 is 0 Å². The van der Waals surface area contributed by atoms with Crippen LogP contribution in [0, 0.1) is 0 Å². The third-order valence-electron chi connectivity index (χ3n) is 3.08. The lowest BCUT2D eigenvalue weighted by molar-refractivity contribution is 0.640. The predicted octanol–water partition coefficient (Wildman–Crippen LogP) is 1.56. The largest absolute Gasteiger partial charge is 0.369 e. The standard InChI is InChI=1S/C9H14N6.C4H6N6/c1-6(2)8-5-15(14-13-8)4-7-3-11-9(10)12-7;5-4-7-1-3(9-4)2-8-10-6/h3,5-6H,4H2,1-2H3,(H3,10,11,12);1H,2H2,(H3,5,7,9). The van der Waals surface area contributed by atoms with Gasteiger partial charge in [-0.1, -0.05) is 24.2 Å². The minimum atomic E-state index is 0.265. The molecule has 25 heavy (non-hydrogen) atoms. The molecule has 132 valence electrons. The van der Waals surface area contributed by atoms with Crippen LogP contribution in [0.4, 0.5) is 11.9 Å². The van der Waals surface area contributed by atoms with Crippen LogP contribution in [0.1, 0.15) is 36.8 Å². The van der Waals surface area contributed by atoms with E-state index in [1.54, 1.807) is 10.9 Å². The molecule has 0 unspecified atom stereocenters. The lowest BCUT2D eigenvalue weighted by atomic mass is 10.2. The van der Waals surface area contributed by atoms with E-state index in [9.17, 15) is 0 Å². The summed E-state index contributed by atoms with van der Waals surface area (Å²) in [6.07, 6.45) is 5.16. The van der Waals surface area contributed by atoms with E-state index in [1.165, 1.54) is 6.20 Å². The average molecular weight is 344 g/mol. The van der Waals surface area contributed by atoms with Crippen molar-refractivity contribution in [3.05, 3.63) is 46.1 Å². The summed E-state index contributed by atoms with van der Waals surface area (Å²) >= 11 is 0. The first-order chi connectivity index (χ1) is 12.0. The second-order valence-electron chi connectivity index (χ2n) is 5.47. The number of nitrogens with one attached hydrogen (secondary N) is 2. The molecule has 12 nitrogen and oxygen atoms in total. The molecule has 0 bridgehead atoms. The molecule has 3 heterocycles. The molecule has 0 aliphatic carbocycles. The first-order valence-electron chi connectivity index (χ1n) is 7.47. The Bertz CT molecular complexity index is 835. The number of anilines is 2. The maximum absolute atomic E-state index is 7.93. The zero-order valence-corrected chi connectivity index (χ0v) is 14.0. The normalized spacial score (nSPS) is 10.2. The van der Waals surface area contributed by atoms with Gasteiger partial charge in [-0.3, -0.25) is 0 Å². The molecule has 6 N–H and O–H groups in total. The molecule has 0 saturated heterocycles. The van der Waals surface area contributed by atoms with Crippen LogP contribution < -0.4 is 11.5 Å². The fourth-order valence-corrected chi connectivity index (χ4v) is 1.85. The first-order valence-corrected chi connectivity index (χ1v) is 7.47. The Morgan fingerprint density at radius 2 is 1.84 bits per heavy atom. The van der Waals surface area contributed by atoms with Gasteiger partial charge in [-0.15, -0.1) is 5.10 Å². The van der Waals surface area contributed by atoms with Gasteiger partial charge in [-0.05, 0) is 11.4 Å². The molecule has 0 fully saturated rings. The van der Waals surface area contributed by atoms with Crippen molar-refractivity contribution < 1.29 is 0 Å². The lowest BCUT2D eigenvalue weighted by Gasteiger charge is -1.97. The zero-order chi connectivity index (χ0) is 18.2. The van der Waals surface area contributed by atoms with Gasteiger partial charge in [0, 0.05) is 16.8 Å². The van der Waals surface area contributed by atoms with E-state index < -0.39 is 0 Å². The van der Waals surface area contributed by atoms with Crippen LogP contribution in [0.15, 0.2) is 23.7 Å². The highest BCUT2D eigenvalue weighted by Crippen LogP contribution is 2.10. The summed E-state index contributed by atoms with van der Waals surface area (Å²) in [4.78, 5) is 15.9. The number of H-pyrrole nitrogens is 2. The van der Waals surface area contributed by atoms with E-state index in [0.717, 1.165) is 17.1 Å². The Balaban J connectivity index is 0.000000196. The quantitative estimate of drug-likeness (QED) is 0.308. The molecule has 0 atom stereocenters. The summed E-state index contributed by atoms with van der Waals surface area (Å²) in [5.41, 5.74) is 21.3. The molecule has 12 heteroatoms. The average Bonchev–Trinajstić information content (AvgIpc) is 3.29. The number of hydrogen-bond acceptors (Lipinski definition) is 7. The van der Waals surface area contributed by atoms with Crippen molar-refractivity contribution in [2.24, 2.45) is 5.11 Å². The fraction of sp³-hybridized carbons (Fsp3) is 0.385. The Hall–Kier alpha value is -3.53. The third kappa shape index (κ3) is 5.55. The van der Waals surface area contributed by atoms with Crippen LogP contribution in [-0.4, -0.2) is 34.9 Å². The molecular formula is C13H20N12. The molecule has 3 aromatic rings. The minimum Gasteiger partial charge on any atom is -0.369 e. The number of nitrogens with zero attached hydrogens (tertiary/aromatic N) is 8. The molecule has 0 aliphatic heterocycles. The molecular weight excluding hydrogens is 324 g/mol. The Kier molecular flexibility index (Phi) is 5.96. The topological polar surface area (TPSA) is 189 Å². The molecule has 3 aromatic heterocycles. The number of nitrogen functional groups attached to an aromatic ring is 2. The molecule has 0 spiro atoms. The lowest BCUT2D eigenvalue weighted by Crippen LogP contribution is -2.00. The maximum Gasteiger partial charge on any atom is 0.197 e. The van der Waals surface area contributed by atoms with Crippen LogP contribution in [0.5, 0.6) is 0 Å². The highest BCUT2D eigenvalue weighted by molar-refractivity contribution is 5.19. The molecule has 0 amide bonds. The van der Waals surface area contributed by atoms with Crippen LogP contribution in [0.2, 0.25) is 0 Å². The van der Waals surface area contributed by atoms with Crippen molar-refractivity contribution >= 4 is 11.9 Å². The van der Waals surface area contributed by atoms with Crippen LogP contribution in [0.3, 0.4) is 0 Å². The summed E-state index contributed by atoms with van der Waals surface area (Å²) < 4.78 is 1.77. The smallest absolute Gasteiger partial charge is 0.197 e. The van der Waals surface area contributed by atoms with Gasteiger partial charge in [0.2, 0.25) is 0 Å². The monoisotopic (exact) mass is 344 g/mol. The van der Waals surface area contributed by atoms with Crippen molar-refractivity contribution in [3.8, 4) is 0 Å². The van der Waals surface area contributed by atoms with E-state index in [4.69, 9.17) is 17.0 Å². The van der Waals surface area contributed by atoms with E-state index in [-0.39, 0.29) is 6.54 Å². The predicted molar refractivity (Wildman–Crippen MR) is 92.1 cm³/mol. The van der Waals surface area contributed by atoms with Crippen LogP contribution in [0.25, 0.3) is 10.4 Å². The van der Waals surface area contributed by atoms with E-state index in [0.29, 0.717) is 24.4 Å². The summed E-state index contributed by atoms with van der Waals surface area (Å²) in [5, 5.41) is 11.4. The number of aromatic amines is 2. The Labute approximate surface area is 143 Å². The van der Waals surface area contributed by atoms with Gasteiger partial charge in [0.1, 0.15) is 0 Å². The second kappa shape index (κ2) is 8.36. The van der Waals surface area contributed by atoms with Crippen molar-refractivity contribution in [1.29, 1.82) is 0 Å². The Morgan fingerprint density at radius 1 is 1.20 bits per heavy atom. The SMILES string of the molecule is CC(C)c1cn(Cc2cnc(N)[nH]2)nn1.[N-]=[N+]=NCc1cnc(N)[nH]1. The van der Waals surface area contributed by atoms with Gasteiger partial charge in [0.25, 0.3) is 0 Å². The number of nitrogens with two attached hydrogens (primary N) is 2. The van der Waals surface area contributed by atoms with E-state index >= 15 is 0 Å². The number of hydrogen-bond donors (Lipinski definition) is 4. The van der Waals surface area contributed by atoms with Gasteiger partial charge in [0.15, 0.2) is 11.9 Å². The number of rotatable bonds is 5. The van der Waals surface area contributed by atoms with Crippen molar-refractivity contribution in [2.45, 2.75) is 32.9 Å². The van der Waals surface area contributed by atoms with Gasteiger partial charge in [0.05, 0.1) is 36.9 Å². The van der Waals surface area contributed by atoms with Crippen LogP contribution in [-0.2, 0) is 13.1 Å². The molecule has 0 saturated carbocycles. The summed E-state index contributed by atoms with van der Waals surface area (Å²) in [5.74, 6) is 1.16. The van der Waals surface area contributed by atoms with E-state index in [1.807, 2.05) is 6.20 Å². The molecule has 0 aliphatic rings. The Morgan fingerprint density at radius 3 is 2.32 bits per heavy atom. The molecule has 0 radical (unpaired) electrons.